The molecule has 0 bridgehead atoms. The molecule has 0 N–H and O–H groups in total. The largest absolute Gasteiger partial charge is 0.490 e. The second-order valence-corrected chi connectivity index (χ2v) is 5.34. The molecule has 7 nitrogen and oxygen atoms in total. The highest BCUT2D eigenvalue weighted by molar-refractivity contribution is 5.76. The summed E-state index contributed by atoms with van der Waals surface area (Å²) < 4.78 is 21.0. The van der Waals surface area contributed by atoms with Gasteiger partial charge in [0.15, 0.2) is 11.5 Å². The molecule has 0 heterocycles. The lowest BCUT2D eigenvalue weighted by atomic mass is 10.2. The van der Waals surface area contributed by atoms with Crippen molar-refractivity contribution in [2.75, 3.05) is 26.4 Å². The zero-order chi connectivity index (χ0) is 19.2. The Hall–Kier alpha value is -2.57. The molecule has 0 saturated carbocycles. The summed E-state index contributed by atoms with van der Waals surface area (Å²) in [4.78, 5) is 33.6. The van der Waals surface area contributed by atoms with Gasteiger partial charge in [-0.3, -0.25) is 14.4 Å². The van der Waals surface area contributed by atoms with Gasteiger partial charge in [-0.1, -0.05) is 0 Å². The maximum absolute atomic E-state index is 11.3. The van der Waals surface area contributed by atoms with Crippen molar-refractivity contribution in [3.63, 3.8) is 0 Å². The molecule has 0 fully saturated rings. The number of esters is 2. The minimum absolute atomic E-state index is 0.261. The quantitative estimate of drug-likeness (QED) is 0.301. The lowest BCUT2D eigenvalue weighted by molar-refractivity contribution is -0.144. The van der Waals surface area contributed by atoms with E-state index in [4.69, 9.17) is 18.9 Å². The van der Waals surface area contributed by atoms with E-state index in [0.717, 1.165) is 6.29 Å². The molecule has 7 heteroatoms. The van der Waals surface area contributed by atoms with Crippen LogP contribution in [0.2, 0.25) is 0 Å². The number of benzene rings is 1. The summed E-state index contributed by atoms with van der Waals surface area (Å²) in [5.41, 5.74) is 0.462. The molecule has 144 valence electrons. The van der Waals surface area contributed by atoms with E-state index in [1.807, 2.05) is 0 Å². The minimum Gasteiger partial charge on any atom is -0.490 e. The molecule has 0 aliphatic carbocycles. The van der Waals surface area contributed by atoms with Gasteiger partial charge in [-0.05, 0) is 44.9 Å². The smallest absolute Gasteiger partial charge is 0.305 e. The maximum Gasteiger partial charge on any atom is 0.305 e. The summed E-state index contributed by atoms with van der Waals surface area (Å²) in [7, 11) is 0. The fourth-order valence-electron chi connectivity index (χ4n) is 2.09. The van der Waals surface area contributed by atoms with Crippen LogP contribution in [0, 0.1) is 0 Å². The van der Waals surface area contributed by atoms with E-state index in [1.54, 1.807) is 32.0 Å². The first-order valence-corrected chi connectivity index (χ1v) is 8.76. The lowest BCUT2D eigenvalue weighted by Crippen LogP contribution is -2.09. The van der Waals surface area contributed by atoms with Crippen LogP contribution in [0.5, 0.6) is 11.5 Å². The number of hydrogen-bond donors (Lipinski definition) is 0. The molecule has 0 amide bonds. The number of aldehydes is 1. The standard InChI is InChI=1S/C19H26O7/c1-3-23-18(21)7-5-11-25-16-10-9-15(14-20)13-17(16)26-12-6-8-19(22)24-4-2/h9-10,13-14H,3-8,11-12H2,1-2H3. The van der Waals surface area contributed by atoms with E-state index >= 15 is 0 Å². The van der Waals surface area contributed by atoms with Crippen LogP contribution in [0.1, 0.15) is 49.9 Å². The monoisotopic (exact) mass is 366 g/mol. The predicted molar refractivity (Wildman–Crippen MR) is 94.6 cm³/mol. The summed E-state index contributed by atoms with van der Waals surface area (Å²) in [6.45, 7) is 4.83. The Labute approximate surface area is 153 Å². The van der Waals surface area contributed by atoms with Crippen molar-refractivity contribution in [1.29, 1.82) is 0 Å². The molecular weight excluding hydrogens is 340 g/mol. The average molecular weight is 366 g/mol. The van der Waals surface area contributed by atoms with Crippen molar-refractivity contribution >= 4 is 18.2 Å². The summed E-state index contributed by atoms with van der Waals surface area (Å²) >= 11 is 0. The summed E-state index contributed by atoms with van der Waals surface area (Å²) in [5, 5.41) is 0. The molecule has 26 heavy (non-hydrogen) atoms. The van der Waals surface area contributed by atoms with E-state index in [1.165, 1.54) is 0 Å². The van der Waals surface area contributed by atoms with Gasteiger partial charge >= 0.3 is 11.9 Å². The number of rotatable bonds is 13. The molecular formula is C19H26O7. The Morgan fingerprint density at radius 1 is 0.885 bits per heavy atom. The first-order valence-electron chi connectivity index (χ1n) is 8.76. The Bertz CT molecular complexity index is 583. The van der Waals surface area contributed by atoms with Crippen molar-refractivity contribution in [1.82, 2.24) is 0 Å². The SMILES string of the molecule is CCOC(=O)CCCOc1ccc(C=O)cc1OCCCC(=O)OCC. The van der Waals surface area contributed by atoms with E-state index in [2.05, 4.69) is 0 Å². The third kappa shape index (κ3) is 8.50. The molecule has 0 radical (unpaired) electrons. The second kappa shape index (κ2) is 12.7. The fraction of sp³-hybridized carbons (Fsp3) is 0.526. The molecule has 0 atom stereocenters. The fourth-order valence-corrected chi connectivity index (χ4v) is 2.09. The van der Waals surface area contributed by atoms with Gasteiger partial charge in [-0.15, -0.1) is 0 Å². The van der Waals surface area contributed by atoms with Gasteiger partial charge in [0.1, 0.15) is 6.29 Å². The van der Waals surface area contributed by atoms with Crippen LogP contribution < -0.4 is 9.47 Å². The van der Waals surface area contributed by atoms with E-state index in [9.17, 15) is 14.4 Å². The number of carbonyl (C=O) groups excluding carboxylic acids is 3. The maximum atomic E-state index is 11.3. The highest BCUT2D eigenvalue weighted by Gasteiger charge is 2.09. The van der Waals surface area contributed by atoms with E-state index in [-0.39, 0.29) is 24.8 Å². The Morgan fingerprint density at radius 3 is 1.92 bits per heavy atom. The van der Waals surface area contributed by atoms with Gasteiger partial charge < -0.3 is 18.9 Å². The normalized spacial score (nSPS) is 10.1. The summed E-state index contributed by atoms with van der Waals surface area (Å²) in [5.74, 6) is 0.376. The number of carbonyl (C=O) groups is 3. The van der Waals surface area contributed by atoms with E-state index in [0.29, 0.717) is 56.3 Å². The van der Waals surface area contributed by atoms with Crippen LogP contribution in [0.15, 0.2) is 18.2 Å². The molecule has 1 rings (SSSR count). The molecule has 0 aromatic heterocycles. The molecule has 0 aliphatic rings. The second-order valence-electron chi connectivity index (χ2n) is 5.34. The molecule has 0 saturated heterocycles. The topological polar surface area (TPSA) is 88.1 Å². The first kappa shape index (κ1) is 21.5. The van der Waals surface area contributed by atoms with Gasteiger partial charge in [0.2, 0.25) is 0 Å². The van der Waals surface area contributed by atoms with Crippen molar-refractivity contribution in [2.45, 2.75) is 39.5 Å². The van der Waals surface area contributed by atoms with Crippen LogP contribution in [-0.2, 0) is 19.1 Å². The lowest BCUT2D eigenvalue weighted by Gasteiger charge is -2.13. The van der Waals surface area contributed by atoms with Crippen molar-refractivity contribution < 1.29 is 33.3 Å². The highest BCUT2D eigenvalue weighted by atomic mass is 16.5. The molecule has 0 unspecified atom stereocenters. The summed E-state index contributed by atoms with van der Waals surface area (Å²) in [6.07, 6.45) is 2.26. The van der Waals surface area contributed by atoms with Crippen LogP contribution >= 0.6 is 0 Å². The molecule has 1 aromatic rings. The zero-order valence-corrected chi connectivity index (χ0v) is 15.3. The van der Waals surface area contributed by atoms with Gasteiger partial charge in [0, 0.05) is 18.4 Å². The third-order valence-electron chi connectivity index (χ3n) is 3.28. The van der Waals surface area contributed by atoms with Gasteiger partial charge in [-0.25, -0.2) is 0 Å². The van der Waals surface area contributed by atoms with Crippen molar-refractivity contribution in [3.8, 4) is 11.5 Å². The molecule has 0 aliphatic heterocycles. The van der Waals surface area contributed by atoms with Crippen LogP contribution in [0.3, 0.4) is 0 Å². The van der Waals surface area contributed by atoms with Crippen LogP contribution in [-0.4, -0.2) is 44.7 Å². The minimum atomic E-state index is -0.270. The predicted octanol–water partition coefficient (Wildman–Crippen LogP) is 2.94. The van der Waals surface area contributed by atoms with Crippen molar-refractivity contribution in [3.05, 3.63) is 23.8 Å². The Balaban J connectivity index is 2.50. The van der Waals surface area contributed by atoms with Crippen LogP contribution in [0.4, 0.5) is 0 Å². The molecule has 0 spiro atoms. The van der Waals surface area contributed by atoms with Crippen LogP contribution in [0.25, 0.3) is 0 Å². The average Bonchev–Trinajstić information content (AvgIpc) is 2.63. The first-order chi connectivity index (χ1) is 12.6. The summed E-state index contributed by atoms with van der Waals surface area (Å²) in [6, 6.07) is 4.85. The molecule has 1 aromatic carbocycles. The Morgan fingerprint density at radius 2 is 1.42 bits per heavy atom. The Kier molecular flexibility index (Phi) is 10.5. The van der Waals surface area contributed by atoms with E-state index < -0.39 is 0 Å². The third-order valence-corrected chi connectivity index (χ3v) is 3.28. The van der Waals surface area contributed by atoms with Gasteiger partial charge in [0.25, 0.3) is 0 Å². The van der Waals surface area contributed by atoms with Gasteiger partial charge in [0.05, 0.1) is 26.4 Å². The van der Waals surface area contributed by atoms with Crippen molar-refractivity contribution in [2.24, 2.45) is 0 Å². The number of ether oxygens (including phenoxy) is 4. The highest BCUT2D eigenvalue weighted by Crippen LogP contribution is 2.28. The zero-order valence-electron chi connectivity index (χ0n) is 15.3. The number of hydrogen-bond acceptors (Lipinski definition) is 7. The van der Waals surface area contributed by atoms with Gasteiger partial charge in [-0.2, -0.15) is 0 Å².